The Morgan fingerprint density at radius 2 is 2.43 bits per heavy atom. The lowest BCUT2D eigenvalue weighted by atomic mass is 9.97. The Balaban J connectivity index is 2.93. The topological polar surface area (TPSA) is 33.0 Å². The van der Waals surface area contributed by atoms with E-state index >= 15 is 0 Å². The molecule has 1 aromatic rings. The summed E-state index contributed by atoms with van der Waals surface area (Å²) in [6, 6.07) is 9.82. The molecule has 14 heavy (non-hydrogen) atoms. The van der Waals surface area contributed by atoms with Crippen LogP contribution in [0.1, 0.15) is 17.9 Å². The van der Waals surface area contributed by atoms with Crippen LogP contribution < -0.4 is 4.74 Å². The summed E-state index contributed by atoms with van der Waals surface area (Å²) < 4.78 is 5.09. The molecule has 0 saturated carbocycles. The van der Waals surface area contributed by atoms with Gasteiger partial charge in [0.2, 0.25) is 0 Å². The first-order valence-electron chi connectivity index (χ1n) is 4.46. The zero-order chi connectivity index (χ0) is 10.4. The maximum atomic E-state index is 8.94. The van der Waals surface area contributed by atoms with Gasteiger partial charge in [0, 0.05) is 0 Å². The fraction of sp³-hybridized carbons (Fsp3) is 0.250. The Kier molecular flexibility index (Phi) is 3.75. The molecule has 0 fully saturated rings. The van der Waals surface area contributed by atoms with Crippen LogP contribution in [0.2, 0.25) is 0 Å². The third-order valence-corrected chi connectivity index (χ3v) is 2.05. The highest BCUT2D eigenvalue weighted by atomic mass is 16.5. The van der Waals surface area contributed by atoms with E-state index in [2.05, 4.69) is 12.6 Å². The Morgan fingerprint density at radius 1 is 1.64 bits per heavy atom. The maximum Gasteiger partial charge on any atom is 0.119 e. The van der Waals surface area contributed by atoms with Crippen LogP contribution in [0.3, 0.4) is 0 Å². The van der Waals surface area contributed by atoms with Gasteiger partial charge in [-0.15, -0.1) is 6.58 Å². The fourth-order valence-electron chi connectivity index (χ4n) is 1.29. The molecular formula is C12H13NO. The number of benzene rings is 1. The van der Waals surface area contributed by atoms with Crippen molar-refractivity contribution in [1.82, 2.24) is 0 Å². The zero-order valence-electron chi connectivity index (χ0n) is 8.23. The SMILES string of the molecule is C=CCC(C#N)c1cccc(OC)c1. The summed E-state index contributed by atoms with van der Waals surface area (Å²) >= 11 is 0. The number of hydrogen-bond donors (Lipinski definition) is 0. The molecule has 0 N–H and O–H groups in total. The molecule has 0 amide bonds. The summed E-state index contributed by atoms with van der Waals surface area (Å²) in [6.45, 7) is 3.63. The molecule has 0 aliphatic rings. The van der Waals surface area contributed by atoms with Crippen molar-refractivity contribution in [2.75, 3.05) is 7.11 Å². The van der Waals surface area contributed by atoms with Gasteiger partial charge in [0.25, 0.3) is 0 Å². The van der Waals surface area contributed by atoms with Crippen LogP contribution in [0.4, 0.5) is 0 Å². The largest absolute Gasteiger partial charge is 0.497 e. The second-order valence-electron chi connectivity index (χ2n) is 2.98. The molecule has 1 unspecified atom stereocenters. The minimum Gasteiger partial charge on any atom is -0.497 e. The van der Waals surface area contributed by atoms with Crippen molar-refractivity contribution >= 4 is 0 Å². The van der Waals surface area contributed by atoms with Crippen molar-refractivity contribution in [1.29, 1.82) is 5.26 Å². The third kappa shape index (κ3) is 2.37. The number of allylic oxidation sites excluding steroid dienone is 1. The van der Waals surface area contributed by atoms with E-state index < -0.39 is 0 Å². The number of methoxy groups -OCH3 is 1. The Hall–Kier alpha value is -1.75. The second-order valence-corrected chi connectivity index (χ2v) is 2.98. The number of rotatable bonds is 4. The molecule has 0 radical (unpaired) electrons. The van der Waals surface area contributed by atoms with Crippen molar-refractivity contribution < 1.29 is 4.74 Å². The fourth-order valence-corrected chi connectivity index (χ4v) is 1.29. The van der Waals surface area contributed by atoms with Crippen molar-refractivity contribution in [3.05, 3.63) is 42.5 Å². The molecule has 2 nitrogen and oxygen atoms in total. The van der Waals surface area contributed by atoms with E-state index in [1.54, 1.807) is 13.2 Å². The minimum absolute atomic E-state index is 0.123. The summed E-state index contributed by atoms with van der Waals surface area (Å²) in [5.74, 6) is 0.661. The second kappa shape index (κ2) is 5.08. The summed E-state index contributed by atoms with van der Waals surface area (Å²) in [7, 11) is 1.62. The van der Waals surface area contributed by atoms with E-state index in [-0.39, 0.29) is 5.92 Å². The molecule has 2 heteroatoms. The van der Waals surface area contributed by atoms with E-state index in [4.69, 9.17) is 10.00 Å². The average Bonchev–Trinajstić information content (AvgIpc) is 2.26. The predicted molar refractivity (Wildman–Crippen MR) is 56.2 cm³/mol. The first-order valence-corrected chi connectivity index (χ1v) is 4.46. The standard InChI is InChI=1S/C12H13NO/c1-3-5-11(9-13)10-6-4-7-12(8-10)14-2/h3-4,6-8,11H,1,5H2,2H3. The van der Waals surface area contributed by atoms with Crippen molar-refractivity contribution in [3.8, 4) is 11.8 Å². The monoisotopic (exact) mass is 187 g/mol. The Bertz CT molecular complexity index is 352. The van der Waals surface area contributed by atoms with E-state index in [1.807, 2.05) is 24.3 Å². The first kappa shape index (κ1) is 10.3. The van der Waals surface area contributed by atoms with Crippen LogP contribution >= 0.6 is 0 Å². The van der Waals surface area contributed by atoms with Crippen LogP contribution in [0.15, 0.2) is 36.9 Å². The van der Waals surface area contributed by atoms with E-state index in [0.29, 0.717) is 6.42 Å². The third-order valence-electron chi connectivity index (χ3n) is 2.05. The highest BCUT2D eigenvalue weighted by Crippen LogP contribution is 2.22. The highest BCUT2D eigenvalue weighted by Gasteiger charge is 2.08. The molecule has 0 heterocycles. The van der Waals surface area contributed by atoms with Gasteiger partial charge in [0.05, 0.1) is 19.1 Å². The lowest BCUT2D eigenvalue weighted by Crippen LogP contribution is -1.94. The molecule has 1 rings (SSSR count). The normalized spacial score (nSPS) is 11.4. The van der Waals surface area contributed by atoms with Gasteiger partial charge in [-0.25, -0.2) is 0 Å². The summed E-state index contributed by atoms with van der Waals surface area (Å²) in [6.07, 6.45) is 2.43. The van der Waals surface area contributed by atoms with E-state index in [9.17, 15) is 0 Å². The molecular weight excluding hydrogens is 174 g/mol. The van der Waals surface area contributed by atoms with Crippen LogP contribution in [0.25, 0.3) is 0 Å². The van der Waals surface area contributed by atoms with Crippen LogP contribution in [-0.2, 0) is 0 Å². The van der Waals surface area contributed by atoms with Crippen LogP contribution in [-0.4, -0.2) is 7.11 Å². The van der Waals surface area contributed by atoms with Gasteiger partial charge in [-0.05, 0) is 24.1 Å². The molecule has 0 spiro atoms. The van der Waals surface area contributed by atoms with Crippen molar-refractivity contribution in [2.24, 2.45) is 0 Å². The van der Waals surface area contributed by atoms with E-state index in [0.717, 1.165) is 11.3 Å². The molecule has 0 saturated heterocycles. The number of ether oxygens (including phenoxy) is 1. The zero-order valence-corrected chi connectivity index (χ0v) is 8.23. The molecule has 0 aromatic heterocycles. The van der Waals surface area contributed by atoms with Crippen molar-refractivity contribution in [3.63, 3.8) is 0 Å². The lowest BCUT2D eigenvalue weighted by molar-refractivity contribution is 0.414. The molecule has 1 atom stereocenters. The highest BCUT2D eigenvalue weighted by molar-refractivity contribution is 5.33. The van der Waals surface area contributed by atoms with Gasteiger partial charge in [-0.2, -0.15) is 5.26 Å². The van der Waals surface area contributed by atoms with Gasteiger partial charge in [0.15, 0.2) is 0 Å². The van der Waals surface area contributed by atoms with Gasteiger partial charge in [0.1, 0.15) is 5.75 Å². The summed E-state index contributed by atoms with van der Waals surface area (Å²) in [4.78, 5) is 0. The maximum absolute atomic E-state index is 8.94. The molecule has 0 aliphatic carbocycles. The van der Waals surface area contributed by atoms with Gasteiger partial charge < -0.3 is 4.74 Å². The molecule has 72 valence electrons. The predicted octanol–water partition coefficient (Wildman–Crippen LogP) is 2.88. The van der Waals surface area contributed by atoms with Gasteiger partial charge >= 0.3 is 0 Å². The molecule has 1 aromatic carbocycles. The number of nitriles is 1. The van der Waals surface area contributed by atoms with E-state index in [1.165, 1.54) is 0 Å². The quantitative estimate of drug-likeness (QED) is 0.679. The first-order chi connectivity index (χ1) is 6.81. The van der Waals surface area contributed by atoms with Crippen LogP contribution in [0.5, 0.6) is 5.75 Å². The van der Waals surface area contributed by atoms with Gasteiger partial charge in [-0.1, -0.05) is 18.2 Å². The Labute approximate surface area is 84.4 Å². The minimum atomic E-state index is -0.123. The summed E-state index contributed by atoms with van der Waals surface area (Å²) in [5.41, 5.74) is 0.978. The summed E-state index contributed by atoms with van der Waals surface area (Å²) in [5, 5.41) is 8.94. The van der Waals surface area contributed by atoms with Crippen molar-refractivity contribution in [2.45, 2.75) is 12.3 Å². The molecule has 0 aliphatic heterocycles. The smallest absolute Gasteiger partial charge is 0.119 e. The average molecular weight is 187 g/mol. The lowest BCUT2D eigenvalue weighted by Gasteiger charge is -2.07. The van der Waals surface area contributed by atoms with Crippen LogP contribution in [0, 0.1) is 11.3 Å². The number of nitrogens with zero attached hydrogens (tertiary/aromatic N) is 1. The van der Waals surface area contributed by atoms with Gasteiger partial charge in [-0.3, -0.25) is 0 Å². The molecule has 0 bridgehead atoms. The Morgan fingerprint density at radius 3 is 3.00 bits per heavy atom. The number of hydrogen-bond acceptors (Lipinski definition) is 2.